The fourth-order valence-corrected chi connectivity index (χ4v) is 3.82. The number of rotatable bonds is 8. The lowest BCUT2D eigenvalue weighted by atomic mass is 9.99. The topological polar surface area (TPSA) is 75.6 Å². The van der Waals surface area contributed by atoms with E-state index in [2.05, 4.69) is 11.9 Å². The standard InChI is InChI=1S/C23H21F2NO4S/c1-16-12-14-19(15-13-16)31(28,29)30-17(2)23(24,25)22(18-8-4-3-5-9-18)26-20-10-6-7-11-21(20)27/h3-15,22,26-27H,2H2,1H3/t22-/m0/s1. The van der Waals surface area contributed by atoms with Gasteiger partial charge in [-0.3, -0.25) is 0 Å². The maximum absolute atomic E-state index is 15.5. The van der Waals surface area contributed by atoms with Gasteiger partial charge in [-0.1, -0.05) is 66.7 Å². The molecule has 0 amide bonds. The van der Waals surface area contributed by atoms with Crippen molar-refractivity contribution in [2.75, 3.05) is 5.32 Å². The Morgan fingerprint density at radius 3 is 2.19 bits per heavy atom. The molecule has 3 rings (SSSR count). The fraction of sp³-hybridized carbons (Fsp3) is 0.130. The molecule has 8 heteroatoms. The molecule has 0 heterocycles. The highest BCUT2D eigenvalue weighted by Gasteiger charge is 2.47. The summed E-state index contributed by atoms with van der Waals surface area (Å²) in [7, 11) is -4.51. The second-order valence-corrected chi connectivity index (χ2v) is 8.45. The maximum Gasteiger partial charge on any atom is 0.339 e. The Kier molecular flexibility index (Phi) is 6.31. The number of benzene rings is 3. The molecule has 162 valence electrons. The van der Waals surface area contributed by atoms with Crippen LogP contribution in [0.2, 0.25) is 0 Å². The minimum atomic E-state index is -4.51. The van der Waals surface area contributed by atoms with Gasteiger partial charge in [0, 0.05) is 0 Å². The number of halogens is 2. The second-order valence-electron chi connectivity index (χ2n) is 6.90. The Bertz CT molecular complexity index is 1160. The summed E-state index contributed by atoms with van der Waals surface area (Å²) in [6.45, 7) is 4.97. The van der Waals surface area contributed by atoms with Crippen molar-refractivity contribution in [3.63, 3.8) is 0 Å². The number of para-hydroxylation sites is 2. The van der Waals surface area contributed by atoms with Gasteiger partial charge in [-0.05, 0) is 36.8 Å². The third kappa shape index (κ3) is 5.03. The van der Waals surface area contributed by atoms with E-state index in [1.807, 2.05) is 0 Å². The molecule has 0 aliphatic heterocycles. The van der Waals surface area contributed by atoms with Crippen LogP contribution in [0.3, 0.4) is 0 Å². The van der Waals surface area contributed by atoms with Crippen molar-refractivity contribution in [1.29, 1.82) is 0 Å². The van der Waals surface area contributed by atoms with E-state index in [0.29, 0.717) is 0 Å². The first-order chi connectivity index (χ1) is 14.6. The summed E-state index contributed by atoms with van der Waals surface area (Å²) >= 11 is 0. The van der Waals surface area contributed by atoms with Crippen molar-refractivity contribution in [2.24, 2.45) is 0 Å². The number of phenols is 1. The number of aryl methyl sites for hydroxylation is 1. The van der Waals surface area contributed by atoms with Gasteiger partial charge in [0.05, 0.1) is 5.69 Å². The molecule has 5 nitrogen and oxygen atoms in total. The van der Waals surface area contributed by atoms with Crippen molar-refractivity contribution in [3.8, 4) is 5.75 Å². The van der Waals surface area contributed by atoms with Gasteiger partial charge in [-0.15, -0.1) is 0 Å². The van der Waals surface area contributed by atoms with Crippen molar-refractivity contribution in [2.45, 2.75) is 23.8 Å². The summed E-state index contributed by atoms with van der Waals surface area (Å²) in [5, 5.41) is 12.6. The van der Waals surface area contributed by atoms with Crippen molar-refractivity contribution in [1.82, 2.24) is 0 Å². The van der Waals surface area contributed by atoms with Gasteiger partial charge in [0.2, 0.25) is 0 Å². The fourth-order valence-electron chi connectivity index (χ4n) is 2.88. The van der Waals surface area contributed by atoms with Crippen molar-refractivity contribution in [3.05, 3.63) is 102 Å². The van der Waals surface area contributed by atoms with Gasteiger partial charge < -0.3 is 14.6 Å². The Hall–Kier alpha value is -3.39. The Balaban J connectivity index is 1.94. The van der Waals surface area contributed by atoms with Gasteiger partial charge in [-0.2, -0.15) is 17.2 Å². The zero-order chi connectivity index (χ0) is 22.6. The number of phenolic OH excluding ortho intramolecular Hbond substituents is 1. The molecule has 0 aromatic heterocycles. The van der Waals surface area contributed by atoms with E-state index < -0.39 is 27.8 Å². The van der Waals surface area contributed by atoms with E-state index in [0.717, 1.165) is 5.56 Å². The van der Waals surface area contributed by atoms with Gasteiger partial charge in [-0.25, -0.2) is 0 Å². The number of hydrogen-bond acceptors (Lipinski definition) is 5. The molecular weight excluding hydrogens is 424 g/mol. The largest absolute Gasteiger partial charge is 0.506 e. The zero-order valence-electron chi connectivity index (χ0n) is 16.6. The molecule has 0 bridgehead atoms. The van der Waals surface area contributed by atoms with Crippen LogP contribution in [0.25, 0.3) is 0 Å². The summed E-state index contributed by atoms with van der Waals surface area (Å²) in [5.41, 5.74) is 0.998. The average molecular weight is 445 g/mol. The van der Waals surface area contributed by atoms with Crippen LogP contribution in [-0.4, -0.2) is 19.4 Å². The zero-order valence-corrected chi connectivity index (χ0v) is 17.4. The maximum atomic E-state index is 15.5. The first-order valence-electron chi connectivity index (χ1n) is 9.29. The van der Waals surface area contributed by atoms with E-state index in [1.54, 1.807) is 37.3 Å². The number of anilines is 1. The van der Waals surface area contributed by atoms with Crippen LogP contribution in [0, 0.1) is 6.92 Å². The summed E-state index contributed by atoms with van der Waals surface area (Å²) in [6, 6.07) is 17.4. The third-order valence-corrected chi connectivity index (χ3v) is 5.86. The molecule has 0 saturated heterocycles. The predicted octanol–water partition coefficient (Wildman–Crippen LogP) is 5.41. The molecule has 31 heavy (non-hydrogen) atoms. The number of aromatic hydroxyl groups is 1. The van der Waals surface area contributed by atoms with Gasteiger partial charge in [0.25, 0.3) is 0 Å². The van der Waals surface area contributed by atoms with E-state index in [4.69, 9.17) is 4.18 Å². The molecule has 3 aromatic carbocycles. The Morgan fingerprint density at radius 2 is 1.58 bits per heavy atom. The lowest BCUT2D eigenvalue weighted by Crippen LogP contribution is -2.35. The van der Waals surface area contributed by atoms with Crippen LogP contribution >= 0.6 is 0 Å². The van der Waals surface area contributed by atoms with E-state index >= 15 is 8.78 Å². The molecule has 2 N–H and O–H groups in total. The van der Waals surface area contributed by atoms with Crippen LogP contribution < -0.4 is 5.32 Å². The van der Waals surface area contributed by atoms with Gasteiger partial charge in [0.1, 0.15) is 16.7 Å². The smallest absolute Gasteiger partial charge is 0.339 e. The van der Waals surface area contributed by atoms with Crippen LogP contribution in [-0.2, 0) is 14.3 Å². The average Bonchev–Trinajstić information content (AvgIpc) is 2.73. The van der Waals surface area contributed by atoms with E-state index in [1.165, 1.54) is 48.5 Å². The second kappa shape index (κ2) is 8.77. The number of nitrogens with one attached hydrogen (secondary N) is 1. The van der Waals surface area contributed by atoms with Gasteiger partial charge >= 0.3 is 16.0 Å². The summed E-state index contributed by atoms with van der Waals surface area (Å²) in [6.07, 6.45) is 0. The Morgan fingerprint density at radius 1 is 1.00 bits per heavy atom. The molecule has 0 spiro atoms. The first kappa shape index (κ1) is 22.3. The lowest BCUT2D eigenvalue weighted by Gasteiger charge is -2.30. The summed E-state index contributed by atoms with van der Waals surface area (Å²) in [5.74, 6) is -5.34. The first-order valence-corrected chi connectivity index (χ1v) is 10.7. The van der Waals surface area contributed by atoms with E-state index in [9.17, 15) is 13.5 Å². The molecule has 0 aliphatic rings. The number of hydrogen-bond donors (Lipinski definition) is 2. The van der Waals surface area contributed by atoms with Crippen molar-refractivity contribution < 1.29 is 26.5 Å². The minimum absolute atomic E-state index is 0.0465. The molecule has 0 aliphatic carbocycles. The van der Waals surface area contributed by atoms with E-state index in [-0.39, 0.29) is 21.9 Å². The van der Waals surface area contributed by atoms with Crippen LogP contribution in [0.15, 0.2) is 96.1 Å². The van der Waals surface area contributed by atoms with Crippen LogP contribution in [0.5, 0.6) is 5.75 Å². The molecule has 0 fully saturated rings. The lowest BCUT2D eigenvalue weighted by molar-refractivity contribution is -0.0117. The van der Waals surface area contributed by atoms with Crippen molar-refractivity contribution >= 4 is 15.8 Å². The number of alkyl halides is 2. The quantitative estimate of drug-likeness (QED) is 0.276. The molecule has 0 unspecified atom stereocenters. The predicted molar refractivity (Wildman–Crippen MR) is 114 cm³/mol. The monoisotopic (exact) mass is 445 g/mol. The highest BCUT2D eigenvalue weighted by Crippen LogP contribution is 2.42. The van der Waals surface area contributed by atoms with Crippen LogP contribution in [0.4, 0.5) is 14.5 Å². The minimum Gasteiger partial charge on any atom is -0.506 e. The SMILES string of the molecule is C=C(OS(=O)(=O)c1ccc(C)cc1)C(F)(F)[C@@H](Nc1ccccc1O)c1ccccc1. The van der Waals surface area contributed by atoms with Gasteiger partial charge in [0.15, 0.2) is 5.76 Å². The molecular formula is C23H21F2NO4S. The molecule has 1 atom stereocenters. The summed E-state index contributed by atoms with van der Waals surface area (Å²) in [4.78, 5) is -0.264. The third-order valence-electron chi connectivity index (χ3n) is 4.59. The molecule has 0 saturated carbocycles. The highest BCUT2D eigenvalue weighted by atomic mass is 32.2. The van der Waals surface area contributed by atoms with Crippen LogP contribution in [0.1, 0.15) is 17.2 Å². The molecule has 0 radical (unpaired) electrons. The molecule has 3 aromatic rings. The Labute approximate surface area is 179 Å². The normalized spacial score (nSPS) is 12.7. The highest BCUT2D eigenvalue weighted by molar-refractivity contribution is 7.86. The summed E-state index contributed by atoms with van der Waals surface area (Å²) < 4.78 is 60.6.